The zero-order valence-electron chi connectivity index (χ0n) is 6.96. The Bertz CT molecular complexity index is 240. The maximum atomic E-state index is 10.0. The number of nitrogens with zero attached hydrogens (tertiary/aromatic N) is 1. The fourth-order valence-electron chi connectivity index (χ4n) is 0.486. The van der Waals surface area contributed by atoms with Crippen molar-refractivity contribution >= 4 is 11.8 Å². The highest BCUT2D eigenvalue weighted by atomic mass is 32.2. The molecule has 66 valence electrons. The lowest BCUT2D eigenvalue weighted by Gasteiger charge is -1.99. The third kappa shape index (κ3) is 5.62. The Balaban J connectivity index is 3.96. The zero-order chi connectivity index (χ0) is 9.40. The lowest BCUT2D eigenvalue weighted by molar-refractivity contribution is -0.403. The molecule has 0 bridgehead atoms. The summed E-state index contributed by atoms with van der Waals surface area (Å²) in [4.78, 5) is 9.55. The molecule has 0 atom stereocenters. The van der Waals surface area contributed by atoms with Crippen LogP contribution >= 0.6 is 11.8 Å². The van der Waals surface area contributed by atoms with E-state index in [0.29, 0.717) is 11.6 Å². The molecule has 0 amide bonds. The van der Waals surface area contributed by atoms with E-state index in [-0.39, 0.29) is 0 Å². The Morgan fingerprint density at radius 1 is 1.83 bits per heavy atom. The van der Waals surface area contributed by atoms with Crippen molar-refractivity contribution in [3.63, 3.8) is 0 Å². The van der Waals surface area contributed by atoms with Crippen LogP contribution in [0, 0.1) is 22.0 Å². The van der Waals surface area contributed by atoms with E-state index in [1.165, 1.54) is 11.8 Å². The van der Waals surface area contributed by atoms with Gasteiger partial charge in [-0.2, -0.15) is 0 Å². The molecule has 0 unspecified atom stereocenters. The highest BCUT2D eigenvalue weighted by Crippen LogP contribution is 2.05. The molecule has 0 spiro atoms. The number of thioether (sulfide) groups is 1. The second kappa shape index (κ2) is 6.55. The second-order valence-corrected chi connectivity index (χ2v) is 2.61. The zero-order valence-corrected chi connectivity index (χ0v) is 7.77. The van der Waals surface area contributed by atoms with Crippen LogP contribution in [0.5, 0.6) is 0 Å². The van der Waals surface area contributed by atoms with E-state index in [9.17, 15) is 10.1 Å². The van der Waals surface area contributed by atoms with E-state index in [4.69, 9.17) is 0 Å². The van der Waals surface area contributed by atoms with Gasteiger partial charge in [0.1, 0.15) is 5.03 Å². The first kappa shape index (κ1) is 10.8. The molecule has 4 nitrogen and oxygen atoms in total. The molecule has 0 radical (unpaired) electrons. The molecular formula is C7H10N2O2S. The average Bonchev–Trinajstić information content (AvgIpc) is 2.02. The van der Waals surface area contributed by atoms with Gasteiger partial charge in [0.2, 0.25) is 0 Å². The molecule has 0 aromatic carbocycles. The topological polar surface area (TPSA) is 55.2 Å². The summed E-state index contributed by atoms with van der Waals surface area (Å²) < 4.78 is 0. The van der Waals surface area contributed by atoms with Crippen LogP contribution in [0.15, 0.2) is 11.2 Å². The molecule has 0 fully saturated rings. The molecular weight excluding hydrogens is 176 g/mol. The van der Waals surface area contributed by atoms with E-state index in [2.05, 4.69) is 17.2 Å². The summed E-state index contributed by atoms with van der Waals surface area (Å²) in [7, 11) is 0. The molecule has 12 heavy (non-hydrogen) atoms. The van der Waals surface area contributed by atoms with Crippen LogP contribution in [0.4, 0.5) is 0 Å². The maximum absolute atomic E-state index is 10.0. The highest BCUT2D eigenvalue weighted by molar-refractivity contribution is 8.02. The van der Waals surface area contributed by atoms with Gasteiger partial charge in [0, 0.05) is 0 Å². The number of nitrogens with one attached hydrogen (secondary N) is 1. The minimum absolute atomic E-state index is 0.441. The summed E-state index contributed by atoms with van der Waals surface area (Å²) in [5.74, 6) is 5.43. The summed E-state index contributed by atoms with van der Waals surface area (Å²) in [6.45, 7) is 2.16. The van der Waals surface area contributed by atoms with Gasteiger partial charge in [-0.1, -0.05) is 5.92 Å². The average molecular weight is 186 g/mol. The van der Waals surface area contributed by atoms with E-state index in [1.54, 1.807) is 13.2 Å². The molecule has 0 aliphatic rings. The lowest BCUT2D eigenvalue weighted by atomic mass is 10.6. The van der Waals surface area contributed by atoms with Crippen LogP contribution in [-0.2, 0) is 0 Å². The van der Waals surface area contributed by atoms with Crippen LogP contribution in [0.25, 0.3) is 0 Å². The molecule has 0 aromatic heterocycles. The van der Waals surface area contributed by atoms with Crippen LogP contribution in [0.2, 0.25) is 0 Å². The van der Waals surface area contributed by atoms with Crippen LogP contribution < -0.4 is 5.32 Å². The third-order valence-corrected chi connectivity index (χ3v) is 1.66. The fraction of sp³-hybridized carbons (Fsp3) is 0.429. The van der Waals surface area contributed by atoms with Gasteiger partial charge >= 0.3 is 0 Å². The first-order valence-corrected chi connectivity index (χ1v) is 4.46. The summed E-state index contributed by atoms with van der Waals surface area (Å²) >= 11 is 1.29. The molecule has 1 N–H and O–H groups in total. The largest absolute Gasteiger partial charge is 0.364 e. The van der Waals surface area contributed by atoms with Gasteiger partial charge in [-0.3, -0.25) is 10.1 Å². The number of rotatable bonds is 4. The standard InChI is InChI=1S/C7H10N2O2S/c1-3-4-5-8-7(12-2)6-9(10)11/h6,8H,5H2,1-2H3. The summed E-state index contributed by atoms with van der Waals surface area (Å²) in [5.41, 5.74) is 0. The van der Waals surface area contributed by atoms with Crippen molar-refractivity contribution in [1.29, 1.82) is 0 Å². The second-order valence-electron chi connectivity index (χ2n) is 1.76. The van der Waals surface area contributed by atoms with Crippen molar-refractivity contribution < 1.29 is 4.92 Å². The van der Waals surface area contributed by atoms with Gasteiger partial charge in [-0.15, -0.1) is 17.7 Å². The van der Waals surface area contributed by atoms with Gasteiger partial charge in [-0.05, 0) is 13.2 Å². The van der Waals surface area contributed by atoms with Crippen molar-refractivity contribution in [3.8, 4) is 11.8 Å². The number of nitro groups is 1. The first-order valence-electron chi connectivity index (χ1n) is 3.23. The Kier molecular flexibility index (Phi) is 5.93. The quantitative estimate of drug-likeness (QED) is 0.405. The van der Waals surface area contributed by atoms with Crippen molar-refractivity contribution in [2.75, 3.05) is 12.8 Å². The van der Waals surface area contributed by atoms with Crippen LogP contribution in [-0.4, -0.2) is 17.7 Å². The van der Waals surface area contributed by atoms with E-state index >= 15 is 0 Å². The monoisotopic (exact) mass is 186 g/mol. The fourth-order valence-corrected chi connectivity index (χ4v) is 0.894. The predicted octanol–water partition coefficient (Wildman–Crippen LogP) is 1.04. The van der Waals surface area contributed by atoms with Gasteiger partial charge in [0.25, 0.3) is 6.20 Å². The van der Waals surface area contributed by atoms with Gasteiger partial charge in [0.15, 0.2) is 0 Å². The Labute approximate surface area is 75.6 Å². The molecule has 0 aliphatic carbocycles. The normalized spacial score (nSPS) is 10.0. The van der Waals surface area contributed by atoms with E-state index in [1.807, 2.05) is 0 Å². The van der Waals surface area contributed by atoms with E-state index < -0.39 is 4.92 Å². The predicted molar refractivity (Wildman–Crippen MR) is 50.0 cm³/mol. The Morgan fingerprint density at radius 2 is 2.50 bits per heavy atom. The van der Waals surface area contributed by atoms with E-state index in [0.717, 1.165) is 6.20 Å². The Morgan fingerprint density at radius 3 is 2.92 bits per heavy atom. The minimum atomic E-state index is -0.488. The molecule has 0 rings (SSSR count). The molecule has 0 saturated carbocycles. The number of hydrogen-bond acceptors (Lipinski definition) is 4. The molecule has 0 saturated heterocycles. The highest BCUT2D eigenvalue weighted by Gasteiger charge is 1.97. The lowest BCUT2D eigenvalue weighted by Crippen LogP contribution is -2.12. The van der Waals surface area contributed by atoms with Crippen molar-refractivity contribution in [1.82, 2.24) is 5.32 Å². The summed E-state index contributed by atoms with van der Waals surface area (Å²) in [5, 5.41) is 13.4. The van der Waals surface area contributed by atoms with Crippen molar-refractivity contribution in [2.24, 2.45) is 0 Å². The minimum Gasteiger partial charge on any atom is -0.364 e. The SMILES string of the molecule is CC#CCNC(=C[N+](=O)[O-])SC. The Hall–Kier alpha value is -1.15. The third-order valence-electron chi connectivity index (χ3n) is 0.970. The van der Waals surface area contributed by atoms with Gasteiger partial charge < -0.3 is 5.32 Å². The van der Waals surface area contributed by atoms with Crippen LogP contribution in [0.1, 0.15) is 6.92 Å². The molecule has 5 heteroatoms. The first-order chi connectivity index (χ1) is 5.70. The van der Waals surface area contributed by atoms with Gasteiger partial charge in [-0.25, -0.2) is 0 Å². The summed E-state index contributed by atoms with van der Waals surface area (Å²) in [6.07, 6.45) is 2.70. The number of hydrogen-bond donors (Lipinski definition) is 1. The van der Waals surface area contributed by atoms with Crippen LogP contribution in [0.3, 0.4) is 0 Å². The van der Waals surface area contributed by atoms with Crippen molar-refractivity contribution in [3.05, 3.63) is 21.3 Å². The van der Waals surface area contributed by atoms with Crippen molar-refractivity contribution in [2.45, 2.75) is 6.92 Å². The van der Waals surface area contributed by atoms with Gasteiger partial charge in [0.05, 0.1) is 11.5 Å². The summed E-state index contributed by atoms with van der Waals surface area (Å²) in [6, 6.07) is 0. The molecule has 0 aliphatic heterocycles. The smallest absolute Gasteiger partial charge is 0.263 e. The molecule has 0 aromatic rings. The molecule has 0 heterocycles. The maximum Gasteiger partial charge on any atom is 0.263 e.